The van der Waals surface area contributed by atoms with Gasteiger partial charge in [0.05, 0.1) is 19.3 Å². The summed E-state index contributed by atoms with van der Waals surface area (Å²) in [5, 5.41) is 10.5. The van der Waals surface area contributed by atoms with Crippen molar-refractivity contribution in [3.8, 4) is 0 Å². The molecule has 0 radical (unpaired) electrons. The van der Waals surface area contributed by atoms with Crippen LogP contribution in [-0.2, 0) is 9.47 Å². The van der Waals surface area contributed by atoms with E-state index in [-0.39, 0.29) is 0 Å². The van der Waals surface area contributed by atoms with Gasteiger partial charge in [-0.1, -0.05) is 24.3 Å². The van der Waals surface area contributed by atoms with Crippen molar-refractivity contribution in [2.45, 2.75) is 26.9 Å². The Bertz CT molecular complexity index is 374. The zero-order valence-electron chi connectivity index (χ0n) is 13.5. The van der Waals surface area contributed by atoms with Crippen LogP contribution in [0.25, 0.3) is 0 Å². The first-order valence-electron chi connectivity index (χ1n) is 7.80. The van der Waals surface area contributed by atoms with Gasteiger partial charge in [-0.05, 0) is 31.9 Å². The number of aliphatic hydroxyl groups excluding tert-OH is 1. The molecular formula is C17H29NO3. The first kappa shape index (κ1) is 18.1. The Kier molecular flexibility index (Phi) is 9.26. The molecular weight excluding hydrogens is 266 g/mol. The van der Waals surface area contributed by atoms with E-state index in [0.717, 1.165) is 37.4 Å². The summed E-state index contributed by atoms with van der Waals surface area (Å²) in [7, 11) is 0. The van der Waals surface area contributed by atoms with Crippen LogP contribution in [0.3, 0.4) is 0 Å². The summed E-state index contributed by atoms with van der Waals surface area (Å²) in [6.45, 7) is 11.0. The van der Waals surface area contributed by atoms with Gasteiger partial charge in [0, 0.05) is 32.8 Å². The maximum absolute atomic E-state index is 10.5. The van der Waals surface area contributed by atoms with E-state index in [4.69, 9.17) is 9.47 Å². The van der Waals surface area contributed by atoms with Crippen LogP contribution in [-0.4, -0.2) is 56.1 Å². The van der Waals surface area contributed by atoms with E-state index in [1.807, 2.05) is 45.0 Å². The van der Waals surface area contributed by atoms with Gasteiger partial charge in [-0.2, -0.15) is 0 Å². The highest BCUT2D eigenvalue weighted by Gasteiger charge is 2.15. The molecule has 1 atom stereocenters. The molecule has 0 saturated heterocycles. The van der Waals surface area contributed by atoms with E-state index in [1.54, 1.807) is 0 Å². The molecule has 4 nitrogen and oxygen atoms in total. The average molecular weight is 295 g/mol. The molecule has 0 spiro atoms. The van der Waals surface area contributed by atoms with E-state index in [2.05, 4.69) is 4.90 Å². The van der Waals surface area contributed by atoms with Crippen LogP contribution in [0.2, 0.25) is 0 Å². The number of aryl methyl sites for hydroxylation is 1. The van der Waals surface area contributed by atoms with Crippen molar-refractivity contribution >= 4 is 0 Å². The molecule has 4 heteroatoms. The molecule has 0 bridgehead atoms. The second kappa shape index (κ2) is 10.7. The smallest absolute Gasteiger partial charge is 0.0919 e. The molecule has 0 amide bonds. The van der Waals surface area contributed by atoms with Crippen LogP contribution in [0.4, 0.5) is 0 Å². The van der Waals surface area contributed by atoms with Crippen LogP contribution in [0, 0.1) is 6.92 Å². The van der Waals surface area contributed by atoms with E-state index in [0.29, 0.717) is 19.8 Å². The molecule has 1 rings (SSSR count). The molecule has 0 aliphatic heterocycles. The minimum absolute atomic E-state index is 0.477. The summed E-state index contributed by atoms with van der Waals surface area (Å²) in [6.07, 6.45) is -0.477. The topological polar surface area (TPSA) is 41.9 Å². The molecule has 0 fully saturated rings. The number of hydrogen-bond donors (Lipinski definition) is 1. The van der Waals surface area contributed by atoms with E-state index < -0.39 is 6.10 Å². The van der Waals surface area contributed by atoms with Crippen LogP contribution in [0.1, 0.15) is 31.1 Å². The van der Waals surface area contributed by atoms with E-state index in [9.17, 15) is 5.11 Å². The fourth-order valence-electron chi connectivity index (χ4n) is 2.27. The van der Waals surface area contributed by atoms with Crippen molar-refractivity contribution in [2.75, 3.05) is 46.1 Å². The molecule has 0 aromatic heterocycles. The van der Waals surface area contributed by atoms with Gasteiger partial charge in [0.25, 0.3) is 0 Å². The Hall–Kier alpha value is -0.940. The summed E-state index contributed by atoms with van der Waals surface area (Å²) in [5.74, 6) is 0. The number of nitrogens with zero attached hydrogens (tertiary/aromatic N) is 1. The average Bonchev–Trinajstić information content (AvgIpc) is 2.48. The predicted molar refractivity (Wildman–Crippen MR) is 85.6 cm³/mol. The van der Waals surface area contributed by atoms with Crippen molar-refractivity contribution < 1.29 is 14.6 Å². The molecule has 0 saturated carbocycles. The lowest BCUT2D eigenvalue weighted by Gasteiger charge is -2.25. The molecule has 1 aromatic rings. The SMILES string of the molecule is CCOCCN(CCOCC)CC(O)c1ccccc1C. The number of benzene rings is 1. The number of aliphatic hydroxyl groups is 1. The van der Waals surface area contributed by atoms with Crippen molar-refractivity contribution in [3.05, 3.63) is 35.4 Å². The number of ether oxygens (including phenoxy) is 2. The van der Waals surface area contributed by atoms with Gasteiger partial charge in [-0.3, -0.25) is 4.90 Å². The highest BCUT2D eigenvalue weighted by Crippen LogP contribution is 2.18. The number of hydrogen-bond acceptors (Lipinski definition) is 4. The third-order valence-electron chi connectivity index (χ3n) is 3.49. The van der Waals surface area contributed by atoms with Gasteiger partial charge in [0.15, 0.2) is 0 Å². The summed E-state index contributed by atoms with van der Waals surface area (Å²) in [6, 6.07) is 7.98. The Morgan fingerprint density at radius 2 is 1.62 bits per heavy atom. The minimum Gasteiger partial charge on any atom is -0.387 e. The van der Waals surface area contributed by atoms with Crippen LogP contribution in [0.5, 0.6) is 0 Å². The largest absolute Gasteiger partial charge is 0.387 e. The molecule has 21 heavy (non-hydrogen) atoms. The van der Waals surface area contributed by atoms with Crippen LogP contribution < -0.4 is 0 Å². The molecule has 1 unspecified atom stereocenters. The lowest BCUT2D eigenvalue weighted by atomic mass is 10.0. The normalized spacial score (nSPS) is 12.8. The molecule has 0 heterocycles. The fourth-order valence-corrected chi connectivity index (χ4v) is 2.27. The maximum Gasteiger partial charge on any atom is 0.0919 e. The van der Waals surface area contributed by atoms with Gasteiger partial charge in [0.1, 0.15) is 0 Å². The summed E-state index contributed by atoms with van der Waals surface area (Å²) >= 11 is 0. The Morgan fingerprint density at radius 1 is 1.05 bits per heavy atom. The quantitative estimate of drug-likeness (QED) is 0.637. The van der Waals surface area contributed by atoms with Gasteiger partial charge in [-0.25, -0.2) is 0 Å². The van der Waals surface area contributed by atoms with Gasteiger partial charge in [0.2, 0.25) is 0 Å². The highest BCUT2D eigenvalue weighted by molar-refractivity contribution is 5.27. The maximum atomic E-state index is 10.5. The Labute approximate surface area is 128 Å². The first-order chi connectivity index (χ1) is 10.2. The first-order valence-corrected chi connectivity index (χ1v) is 7.80. The van der Waals surface area contributed by atoms with E-state index in [1.165, 1.54) is 0 Å². The third-order valence-corrected chi connectivity index (χ3v) is 3.49. The molecule has 120 valence electrons. The summed E-state index contributed by atoms with van der Waals surface area (Å²) in [4.78, 5) is 2.20. The zero-order chi connectivity index (χ0) is 15.5. The minimum atomic E-state index is -0.477. The fraction of sp³-hybridized carbons (Fsp3) is 0.647. The standard InChI is InChI=1S/C17H29NO3/c1-4-20-12-10-18(11-13-21-5-2)14-17(19)16-9-7-6-8-15(16)3/h6-9,17,19H,4-5,10-14H2,1-3H3. The van der Waals surface area contributed by atoms with Crippen molar-refractivity contribution in [1.29, 1.82) is 0 Å². The monoisotopic (exact) mass is 295 g/mol. The molecule has 0 aliphatic rings. The summed E-state index contributed by atoms with van der Waals surface area (Å²) in [5.41, 5.74) is 2.12. The third kappa shape index (κ3) is 7.05. The summed E-state index contributed by atoms with van der Waals surface area (Å²) < 4.78 is 10.8. The molecule has 1 N–H and O–H groups in total. The van der Waals surface area contributed by atoms with Gasteiger partial charge in [-0.15, -0.1) is 0 Å². The highest BCUT2D eigenvalue weighted by atomic mass is 16.5. The molecule has 0 aliphatic carbocycles. The Morgan fingerprint density at radius 3 is 2.14 bits per heavy atom. The van der Waals surface area contributed by atoms with E-state index >= 15 is 0 Å². The van der Waals surface area contributed by atoms with Gasteiger partial charge < -0.3 is 14.6 Å². The predicted octanol–water partition coefficient (Wildman–Crippen LogP) is 2.40. The lowest BCUT2D eigenvalue weighted by molar-refractivity contribution is 0.0531. The second-order valence-electron chi connectivity index (χ2n) is 5.07. The van der Waals surface area contributed by atoms with Crippen LogP contribution in [0.15, 0.2) is 24.3 Å². The second-order valence-corrected chi connectivity index (χ2v) is 5.07. The van der Waals surface area contributed by atoms with Crippen LogP contribution >= 0.6 is 0 Å². The van der Waals surface area contributed by atoms with Gasteiger partial charge >= 0.3 is 0 Å². The number of rotatable bonds is 11. The van der Waals surface area contributed by atoms with Crippen molar-refractivity contribution in [2.24, 2.45) is 0 Å². The van der Waals surface area contributed by atoms with Crippen molar-refractivity contribution in [3.63, 3.8) is 0 Å². The zero-order valence-corrected chi connectivity index (χ0v) is 13.5. The van der Waals surface area contributed by atoms with Crippen molar-refractivity contribution in [1.82, 2.24) is 4.90 Å². The Balaban J connectivity index is 2.54. The lowest BCUT2D eigenvalue weighted by Crippen LogP contribution is -2.35. The molecule has 1 aromatic carbocycles.